The first-order chi connectivity index (χ1) is 9.19. The van der Waals surface area contributed by atoms with Crippen LogP contribution in [0.3, 0.4) is 0 Å². The van der Waals surface area contributed by atoms with Crippen molar-refractivity contribution < 1.29 is 4.74 Å². The van der Waals surface area contributed by atoms with Crippen molar-refractivity contribution in [2.24, 2.45) is 0 Å². The molecule has 1 nitrogen and oxygen atoms in total. The van der Waals surface area contributed by atoms with Crippen molar-refractivity contribution in [2.45, 2.75) is 0 Å². The Morgan fingerprint density at radius 1 is 1.00 bits per heavy atom. The molecule has 1 heterocycles. The Kier molecular flexibility index (Phi) is 3.65. The molecule has 3 aromatic rings. The van der Waals surface area contributed by atoms with Crippen LogP contribution in [0.2, 0.25) is 0 Å². The highest BCUT2D eigenvalue weighted by Gasteiger charge is 2.12. The molecule has 0 N–H and O–H groups in total. The molecule has 0 aliphatic rings. The second kappa shape index (κ2) is 5.27. The van der Waals surface area contributed by atoms with Gasteiger partial charge in [-0.3, -0.25) is 0 Å². The highest BCUT2D eigenvalue weighted by Crippen LogP contribution is 2.43. The number of methoxy groups -OCH3 is 1. The number of benzene rings is 2. The van der Waals surface area contributed by atoms with Gasteiger partial charge in [0, 0.05) is 20.1 Å². The maximum atomic E-state index is 5.28. The monoisotopic (exact) mass is 396 g/mol. The molecule has 96 valence electrons. The van der Waals surface area contributed by atoms with Gasteiger partial charge in [0.1, 0.15) is 5.75 Å². The molecule has 0 unspecified atom stereocenters. The number of hydrogen-bond acceptors (Lipinski definition) is 2. The highest BCUT2D eigenvalue weighted by molar-refractivity contribution is 9.11. The summed E-state index contributed by atoms with van der Waals surface area (Å²) in [4.78, 5) is 0. The molecule has 0 saturated carbocycles. The van der Waals surface area contributed by atoms with Gasteiger partial charge in [-0.15, -0.1) is 11.3 Å². The van der Waals surface area contributed by atoms with Crippen molar-refractivity contribution >= 4 is 53.3 Å². The molecule has 0 amide bonds. The third kappa shape index (κ3) is 2.45. The summed E-state index contributed by atoms with van der Waals surface area (Å²) in [5.74, 6) is 0.892. The van der Waals surface area contributed by atoms with Gasteiger partial charge in [0.2, 0.25) is 0 Å². The lowest BCUT2D eigenvalue weighted by Crippen LogP contribution is -1.81. The summed E-state index contributed by atoms with van der Waals surface area (Å²) in [6, 6.07) is 14.6. The molecule has 0 radical (unpaired) electrons. The van der Waals surface area contributed by atoms with E-state index in [0.717, 1.165) is 14.0 Å². The van der Waals surface area contributed by atoms with Crippen molar-refractivity contribution in [3.05, 3.63) is 50.7 Å². The molecular weight excluding hydrogens is 388 g/mol. The minimum Gasteiger partial charge on any atom is -0.497 e. The maximum absolute atomic E-state index is 5.28. The Morgan fingerprint density at radius 3 is 2.42 bits per heavy atom. The molecule has 2 aromatic carbocycles. The smallest absolute Gasteiger partial charge is 0.120 e. The zero-order chi connectivity index (χ0) is 13.4. The van der Waals surface area contributed by atoms with E-state index in [4.69, 9.17) is 4.74 Å². The molecule has 0 fully saturated rings. The quantitative estimate of drug-likeness (QED) is 0.507. The number of hydrogen-bond donors (Lipinski definition) is 0. The number of halogens is 2. The van der Waals surface area contributed by atoms with Crippen LogP contribution in [0.4, 0.5) is 0 Å². The lowest BCUT2D eigenvalue weighted by molar-refractivity contribution is 0.415. The van der Waals surface area contributed by atoms with Crippen molar-refractivity contribution in [3.8, 4) is 16.9 Å². The summed E-state index contributed by atoms with van der Waals surface area (Å²) in [7, 11) is 1.69. The predicted molar refractivity (Wildman–Crippen MR) is 89.2 cm³/mol. The van der Waals surface area contributed by atoms with Crippen LogP contribution in [0, 0.1) is 0 Å². The number of fused-ring (bicyclic) bond motifs is 1. The van der Waals surface area contributed by atoms with E-state index >= 15 is 0 Å². The maximum Gasteiger partial charge on any atom is 0.120 e. The largest absolute Gasteiger partial charge is 0.497 e. The highest BCUT2D eigenvalue weighted by atomic mass is 79.9. The average molecular weight is 398 g/mol. The number of ether oxygens (including phenoxy) is 1. The van der Waals surface area contributed by atoms with Crippen molar-refractivity contribution in [3.63, 3.8) is 0 Å². The Bertz CT molecular complexity index is 732. The van der Waals surface area contributed by atoms with Gasteiger partial charge in [-0.2, -0.15) is 0 Å². The lowest BCUT2D eigenvalue weighted by Gasteiger charge is -2.03. The van der Waals surface area contributed by atoms with E-state index in [9.17, 15) is 0 Å². The fraction of sp³-hybridized carbons (Fsp3) is 0.0667. The van der Waals surface area contributed by atoms with Gasteiger partial charge in [0.15, 0.2) is 0 Å². The first-order valence-electron chi connectivity index (χ1n) is 5.71. The van der Waals surface area contributed by atoms with E-state index in [1.807, 2.05) is 6.07 Å². The first kappa shape index (κ1) is 13.2. The Hall–Kier alpha value is -0.840. The molecule has 0 aliphatic carbocycles. The normalized spacial score (nSPS) is 10.9. The third-order valence-electron chi connectivity index (χ3n) is 2.99. The zero-order valence-corrected chi connectivity index (χ0v) is 14.1. The lowest BCUT2D eigenvalue weighted by atomic mass is 10.1. The van der Waals surface area contributed by atoms with Gasteiger partial charge < -0.3 is 4.74 Å². The van der Waals surface area contributed by atoms with Crippen LogP contribution >= 0.6 is 43.2 Å². The molecule has 3 rings (SSSR count). The average Bonchev–Trinajstić information content (AvgIpc) is 2.74. The van der Waals surface area contributed by atoms with E-state index in [1.165, 1.54) is 21.2 Å². The van der Waals surface area contributed by atoms with E-state index in [1.54, 1.807) is 18.4 Å². The summed E-state index contributed by atoms with van der Waals surface area (Å²) in [5, 5.41) is 1.25. The zero-order valence-electron chi connectivity index (χ0n) is 10.1. The molecule has 19 heavy (non-hydrogen) atoms. The van der Waals surface area contributed by atoms with E-state index in [0.29, 0.717) is 0 Å². The molecule has 0 spiro atoms. The second-order valence-electron chi connectivity index (χ2n) is 4.12. The Morgan fingerprint density at radius 2 is 1.74 bits per heavy atom. The Labute approximate surface area is 132 Å². The van der Waals surface area contributed by atoms with Crippen LogP contribution < -0.4 is 4.74 Å². The van der Waals surface area contributed by atoms with Gasteiger partial charge in [-0.25, -0.2) is 0 Å². The number of rotatable bonds is 2. The van der Waals surface area contributed by atoms with Gasteiger partial charge in [-0.1, -0.05) is 28.1 Å². The molecule has 0 bridgehead atoms. The Balaban J connectivity index is 2.23. The topological polar surface area (TPSA) is 9.23 Å². The standard InChI is InChI=1S/C15H10Br2OS/c1-18-11-6-7-12-13(8-11)19-15(17)14(12)9-2-4-10(16)5-3-9/h2-8H,1H3. The van der Waals surface area contributed by atoms with Crippen LogP contribution in [-0.4, -0.2) is 7.11 Å². The van der Waals surface area contributed by atoms with Crippen LogP contribution in [0.1, 0.15) is 0 Å². The first-order valence-corrected chi connectivity index (χ1v) is 8.11. The molecule has 0 saturated heterocycles. The number of thiophene rings is 1. The van der Waals surface area contributed by atoms with E-state index in [2.05, 4.69) is 68.3 Å². The fourth-order valence-corrected chi connectivity index (χ4v) is 4.27. The van der Waals surface area contributed by atoms with Crippen LogP contribution in [0.5, 0.6) is 5.75 Å². The molecule has 0 atom stereocenters. The fourth-order valence-electron chi connectivity index (χ4n) is 2.06. The summed E-state index contributed by atoms with van der Waals surface area (Å²) < 4.78 is 8.75. The van der Waals surface area contributed by atoms with Crippen LogP contribution in [-0.2, 0) is 0 Å². The van der Waals surface area contributed by atoms with E-state index in [-0.39, 0.29) is 0 Å². The molecule has 4 heteroatoms. The second-order valence-corrected chi connectivity index (χ2v) is 7.41. The molecule has 0 aliphatic heterocycles. The summed E-state index contributed by atoms with van der Waals surface area (Å²) in [5.41, 5.74) is 2.46. The molecule has 1 aromatic heterocycles. The van der Waals surface area contributed by atoms with Crippen molar-refractivity contribution in [1.82, 2.24) is 0 Å². The van der Waals surface area contributed by atoms with E-state index < -0.39 is 0 Å². The third-order valence-corrected chi connectivity index (χ3v) is 5.34. The molecular formula is C15H10Br2OS. The summed E-state index contributed by atoms with van der Waals surface area (Å²) in [6.07, 6.45) is 0. The van der Waals surface area contributed by atoms with Gasteiger partial charge in [0.25, 0.3) is 0 Å². The SMILES string of the molecule is COc1ccc2c(-c3ccc(Br)cc3)c(Br)sc2c1. The minimum absolute atomic E-state index is 0.892. The van der Waals surface area contributed by atoms with Gasteiger partial charge in [0.05, 0.1) is 10.9 Å². The van der Waals surface area contributed by atoms with Gasteiger partial charge in [-0.05, 0) is 51.8 Å². The van der Waals surface area contributed by atoms with Crippen LogP contribution in [0.15, 0.2) is 50.7 Å². The summed E-state index contributed by atoms with van der Waals surface area (Å²) >= 11 is 8.88. The van der Waals surface area contributed by atoms with Crippen LogP contribution in [0.25, 0.3) is 21.2 Å². The van der Waals surface area contributed by atoms with Crippen molar-refractivity contribution in [1.29, 1.82) is 0 Å². The summed E-state index contributed by atoms with van der Waals surface area (Å²) in [6.45, 7) is 0. The minimum atomic E-state index is 0.892. The van der Waals surface area contributed by atoms with Crippen molar-refractivity contribution in [2.75, 3.05) is 7.11 Å². The van der Waals surface area contributed by atoms with Gasteiger partial charge >= 0.3 is 0 Å². The predicted octanol–water partition coefficient (Wildman–Crippen LogP) is 6.10.